The molecule has 0 saturated carbocycles. The van der Waals surface area contributed by atoms with Crippen LogP contribution in [0.1, 0.15) is 55.0 Å². The maximum absolute atomic E-state index is 13.0. The van der Waals surface area contributed by atoms with Crippen LogP contribution in [-0.2, 0) is 27.9 Å². The number of benzene rings is 1. The molecule has 174 valence electrons. The summed E-state index contributed by atoms with van der Waals surface area (Å²) in [5, 5.41) is 2.96. The quantitative estimate of drug-likeness (QED) is 0.659. The first-order valence-corrected chi connectivity index (χ1v) is 13.8. The maximum atomic E-state index is 13.0. The third-order valence-electron chi connectivity index (χ3n) is 6.60. The molecule has 1 amide bonds. The summed E-state index contributed by atoms with van der Waals surface area (Å²) in [7, 11) is -3.63. The number of piperidine rings is 1. The fraction of sp³-hybridized carbons (Fsp3) is 0.542. The van der Waals surface area contributed by atoms with Crippen LogP contribution in [0.3, 0.4) is 0 Å². The van der Waals surface area contributed by atoms with Gasteiger partial charge in [-0.25, -0.2) is 8.42 Å². The molecule has 2 aliphatic rings. The highest BCUT2D eigenvalue weighted by molar-refractivity contribution is 7.91. The second-order valence-electron chi connectivity index (χ2n) is 8.99. The topological polar surface area (TPSA) is 69.7 Å². The van der Waals surface area contributed by atoms with Crippen LogP contribution in [0.5, 0.6) is 0 Å². The van der Waals surface area contributed by atoms with Crippen LogP contribution in [0.4, 0.5) is 0 Å². The van der Waals surface area contributed by atoms with Gasteiger partial charge >= 0.3 is 0 Å². The van der Waals surface area contributed by atoms with Gasteiger partial charge in [-0.15, -0.1) is 11.3 Å². The molecule has 1 N–H and O–H groups in total. The summed E-state index contributed by atoms with van der Waals surface area (Å²) in [6, 6.07) is 11.8. The number of rotatable bonds is 7. The Morgan fingerprint density at radius 1 is 1.03 bits per heavy atom. The predicted octanol–water partition coefficient (Wildman–Crippen LogP) is 3.90. The number of carbonyl (C=O) groups is 1. The van der Waals surface area contributed by atoms with Crippen LogP contribution in [0, 0.1) is 6.92 Å². The zero-order valence-corrected chi connectivity index (χ0v) is 20.6. The summed E-state index contributed by atoms with van der Waals surface area (Å²) >= 11 is 1.25. The van der Waals surface area contributed by atoms with Crippen molar-refractivity contribution >= 4 is 27.3 Å². The Balaban J connectivity index is 1.34. The zero-order valence-electron chi connectivity index (χ0n) is 18.9. The maximum Gasteiger partial charge on any atom is 0.253 e. The molecule has 32 heavy (non-hydrogen) atoms. The molecule has 0 radical (unpaired) electrons. The summed E-state index contributed by atoms with van der Waals surface area (Å²) in [6.45, 7) is 7.10. The number of likely N-dealkylation sites (tertiary alicyclic amines) is 1. The Kier molecular flexibility index (Phi) is 7.34. The molecule has 2 saturated heterocycles. The molecule has 1 aromatic carbocycles. The minimum Gasteiger partial charge on any atom is -0.351 e. The summed E-state index contributed by atoms with van der Waals surface area (Å²) in [5.41, 5.74) is 2.31. The lowest BCUT2D eigenvalue weighted by Crippen LogP contribution is -2.45. The predicted molar refractivity (Wildman–Crippen MR) is 128 cm³/mol. The second-order valence-corrected chi connectivity index (χ2v) is 12.4. The van der Waals surface area contributed by atoms with Gasteiger partial charge in [0.05, 0.1) is 0 Å². The van der Waals surface area contributed by atoms with Crippen molar-refractivity contribution in [2.45, 2.75) is 75.3 Å². The van der Waals surface area contributed by atoms with Gasteiger partial charge in [-0.3, -0.25) is 9.69 Å². The summed E-state index contributed by atoms with van der Waals surface area (Å²) in [4.78, 5) is 16.3. The van der Waals surface area contributed by atoms with Gasteiger partial charge < -0.3 is 5.32 Å². The fourth-order valence-corrected chi connectivity index (χ4v) is 7.72. The van der Waals surface area contributed by atoms with Crippen molar-refractivity contribution in [2.24, 2.45) is 0 Å². The highest BCUT2D eigenvalue weighted by atomic mass is 32.2. The number of amides is 1. The number of carbonyl (C=O) groups excluding carboxylic acids is 1. The number of thiophene rings is 1. The van der Waals surface area contributed by atoms with Crippen LogP contribution in [0.15, 0.2) is 40.6 Å². The van der Waals surface area contributed by atoms with E-state index in [1.165, 1.54) is 40.5 Å². The first kappa shape index (κ1) is 23.4. The number of hydrogen-bond acceptors (Lipinski definition) is 5. The lowest BCUT2D eigenvalue weighted by molar-refractivity contribution is -0.124. The van der Waals surface area contributed by atoms with Crippen molar-refractivity contribution in [1.29, 1.82) is 0 Å². The van der Waals surface area contributed by atoms with E-state index in [2.05, 4.69) is 41.4 Å². The molecular weight excluding hydrogens is 442 g/mol. The number of nitrogens with one attached hydrogen (secondary N) is 1. The van der Waals surface area contributed by atoms with Crippen LogP contribution >= 0.6 is 11.3 Å². The van der Waals surface area contributed by atoms with Crippen LogP contribution in [-0.4, -0.2) is 48.7 Å². The first-order chi connectivity index (χ1) is 15.3. The Morgan fingerprint density at radius 3 is 2.47 bits per heavy atom. The molecular formula is C24H33N3O3S2. The average molecular weight is 476 g/mol. The van der Waals surface area contributed by atoms with E-state index >= 15 is 0 Å². The van der Waals surface area contributed by atoms with Crippen molar-refractivity contribution in [3.63, 3.8) is 0 Å². The molecule has 0 aliphatic carbocycles. The van der Waals surface area contributed by atoms with Gasteiger partial charge in [0.25, 0.3) is 10.0 Å². The van der Waals surface area contributed by atoms with Gasteiger partial charge in [0.2, 0.25) is 5.91 Å². The third-order valence-corrected chi connectivity index (χ3v) is 9.98. The molecule has 4 rings (SSSR count). The van der Waals surface area contributed by atoms with E-state index < -0.39 is 16.1 Å². The number of hydrogen-bond donors (Lipinski definition) is 1. The molecule has 0 spiro atoms. The van der Waals surface area contributed by atoms with E-state index in [1.807, 2.05) is 6.92 Å². The fourth-order valence-electron chi connectivity index (χ4n) is 4.65. The van der Waals surface area contributed by atoms with E-state index in [9.17, 15) is 13.2 Å². The van der Waals surface area contributed by atoms with Crippen molar-refractivity contribution in [3.8, 4) is 0 Å². The Bertz CT molecular complexity index is 1030. The third kappa shape index (κ3) is 5.25. The Labute approximate surface area is 195 Å². The Morgan fingerprint density at radius 2 is 1.78 bits per heavy atom. The standard InChI is InChI=1S/C24H33N3O3S2/c1-18-6-3-4-14-26(18)17-21-11-9-20(10-12-21)16-25-24(28)22-7-5-15-27(22)32(29,30)23-13-8-19(2)31-23/h8-13,18,22H,3-7,14-17H2,1-2H3,(H,25,28). The molecule has 2 fully saturated rings. The van der Waals surface area contributed by atoms with Crippen molar-refractivity contribution in [2.75, 3.05) is 13.1 Å². The molecule has 6 nitrogen and oxygen atoms in total. The zero-order chi connectivity index (χ0) is 22.7. The van der Waals surface area contributed by atoms with Gasteiger partial charge in [-0.1, -0.05) is 30.7 Å². The van der Waals surface area contributed by atoms with Gasteiger partial charge in [0.1, 0.15) is 10.3 Å². The Hall–Kier alpha value is -1.74. The number of sulfonamides is 1. The number of nitrogens with zero attached hydrogens (tertiary/aromatic N) is 2. The second kappa shape index (κ2) is 10.0. The molecule has 2 atom stereocenters. The van der Waals surface area contributed by atoms with Crippen LogP contribution in [0.25, 0.3) is 0 Å². The van der Waals surface area contributed by atoms with Crippen molar-refractivity contribution < 1.29 is 13.2 Å². The van der Waals surface area contributed by atoms with Crippen LogP contribution < -0.4 is 5.32 Å². The summed E-state index contributed by atoms with van der Waals surface area (Å²) < 4.78 is 27.7. The molecule has 2 unspecified atom stereocenters. The first-order valence-electron chi connectivity index (χ1n) is 11.5. The smallest absolute Gasteiger partial charge is 0.253 e. The van der Waals surface area contributed by atoms with E-state index in [0.717, 1.165) is 23.5 Å². The molecule has 8 heteroatoms. The summed E-state index contributed by atoms with van der Waals surface area (Å²) in [5.74, 6) is -0.217. The van der Waals surface area contributed by atoms with E-state index in [4.69, 9.17) is 0 Å². The molecule has 1 aromatic heterocycles. The number of aryl methyl sites for hydroxylation is 1. The van der Waals surface area contributed by atoms with Gasteiger partial charge in [-0.05, 0) is 69.3 Å². The average Bonchev–Trinajstić information content (AvgIpc) is 3.45. The van der Waals surface area contributed by atoms with Gasteiger partial charge in [0, 0.05) is 30.6 Å². The highest BCUT2D eigenvalue weighted by Gasteiger charge is 2.39. The lowest BCUT2D eigenvalue weighted by atomic mass is 10.0. The van der Waals surface area contributed by atoms with E-state index in [1.54, 1.807) is 12.1 Å². The van der Waals surface area contributed by atoms with Crippen LogP contribution in [0.2, 0.25) is 0 Å². The minimum atomic E-state index is -3.63. The van der Waals surface area contributed by atoms with Gasteiger partial charge in [-0.2, -0.15) is 4.31 Å². The molecule has 0 bridgehead atoms. The molecule has 3 heterocycles. The highest BCUT2D eigenvalue weighted by Crippen LogP contribution is 2.30. The lowest BCUT2D eigenvalue weighted by Gasteiger charge is -2.33. The van der Waals surface area contributed by atoms with Gasteiger partial charge in [0.15, 0.2) is 0 Å². The summed E-state index contributed by atoms with van der Waals surface area (Å²) in [6.07, 6.45) is 5.12. The monoisotopic (exact) mass is 475 g/mol. The molecule has 2 aliphatic heterocycles. The van der Waals surface area contributed by atoms with E-state index in [0.29, 0.717) is 36.2 Å². The van der Waals surface area contributed by atoms with E-state index in [-0.39, 0.29) is 5.91 Å². The normalized spacial score (nSPS) is 22.8. The minimum absolute atomic E-state index is 0.217. The van der Waals surface area contributed by atoms with Crippen molar-refractivity contribution in [1.82, 2.24) is 14.5 Å². The largest absolute Gasteiger partial charge is 0.351 e. The molecule has 2 aromatic rings. The SMILES string of the molecule is Cc1ccc(S(=O)(=O)N2CCCC2C(=O)NCc2ccc(CN3CCCCC3C)cc2)s1. The van der Waals surface area contributed by atoms with Crippen molar-refractivity contribution in [3.05, 3.63) is 52.4 Å².